The normalized spacial score (nSPS) is 12.9. The van der Waals surface area contributed by atoms with E-state index in [0.29, 0.717) is 19.0 Å². The van der Waals surface area contributed by atoms with Crippen LogP contribution in [-0.2, 0) is 4.79 Å². The van der Waals surface area contributed by atoms with Crippen LogP contribution in [0.1, 0.15) is 58.8 Å². The lowest BCUT2D eigenvalue weighted by molar-refractivity contribution is -0.128. The lowest BCUT2D eigenvalue weighted by atomic mass is 9.83. The van der Waals surface area contributed by atoms with Crippen molar-refractivity contribution in [2.75, 3.05) is 13.2 Å². The summed E-state index contributed by atoms with van der Waals surface area (Å²) in [5.41, 5.74) is 0. The molecule has 0 aliphatic rings. The summed E-state index contributed by atoms with van der Waals surface area (Å²) in [6.45, 7) is 5.57. The van der Waals surface area contributed by atoms with E-state index in [0.717, 1.165) is 56.4 Å². The van der Waals surface area contributed by atoms with Gasteiger partial charge in [0, 0.05) is 11.8 Å². The van der Waals surface area contributed by atoms with E-state index in [1.807, 2.05) is 60.7 Å². The summed E-state index contributed by atoms with van der Waals surface area (Å²) in [7, 11) is 0. The summed E-state index contributed by atoms with van der Waals surface area (Å²) in [6, 6.07) is 19.7. The number of hydrogen-bond donors (Lipinski definition) is 0. The Morgan fingerprint density at radius 3 is 1.69 bits per heavy atom. The first-order chi connectivity index (χ1) is 14.2. The highest BCUT2D eigenvalue weighted by molar-refractivity contribution is 5.83. The average molecular weight is 397 g/mol. The minimum absolute atomic E-state index is 0.0929. The zero-order valence-electron chi connectivity index (χ0n) is 18.0. The minimum Gasteiger partial charge on any atom is -0.494 e. The van der Waals surface area contributed by atoms with Crippen molar-refractivity contribution >= 4 is 5.78 Å². The summed E-state index contributed by atoms with van der Waals surface area (Å²) in [5, 5.41) is 0. The van der Waals surface area contributed by atoms with Gasteiger partial charge in [0.15, 0.2) is 0 Å². The van der Waals surface area contributed by atoms with Crippen molar-refractivity contribution in [3.05, 3.63) is 60.7 Å². The fraction of sp³-hybridized carbons (Fsp3) is 0.500. The number of benzene rings is 2. The van der Waals surface area contributed by atoms with E-state index in [-0.39, 0.29) is 11.8 Å². The largest absolute Gasteiger partial charge is 0.494 e. The SMILES string of the molecule is CCCC(CCCOc1ccccc1)C(=O)C(CCC)CCOc1ccccc1. The lowest BCUT2D eigenvalue weighted by Gasteiger charge is -2.22. The second-order valence-electron chi connectivity index (χ2n) is 7.63. The molecule has 2 unspecified atom stereocenters. The standard InChI is InChI=1S/C26H36O3/c1-3-12-22(14-11-20-28-24-15-7-5-8-16-24)26(27)23(13-4-2)19-21-29-25-17-9-6-10-18-25/h5-10,15-18,22-23H,3-4,11-14,19-21H2,1-2H3. The number of ketones is 1. The van der Waals surface area contributed by atoms with Gasteiger partial charge in [-0.2, -0.15) is 0 Å². The van der Waals surface area contributed by atoms with Crippen molar-refractivity contribution < 1.29 is 14.3 Å². The molecule has 29 heavy (non-hydrogen) atoms. The van der Waals surface area contributed by atoms with Crippen molar-refractivity contribution in [3.63, 3.8) is 0 Å². The van der Waals surface area contributed by atoms with Gasteiger partial charge in [-0.3, -0.25) is 4.79 Å². The number of Topliss-reactive ketones (excluding diaryl/α,β-unsaturated/α-hetero) is 1. The van der Waals surface area contributed by atoms with E-state index in [1.54, 1.807) is 0 Å². The zero-order valence-corrected chi connectivity index (χ0v) is 18.0. The van der Waals surface area contributed by atoms with E-state index >= 15 is 0 Å². The number of ether oxygens (including phenoxy) is 2. The first-order valence-corrected chi connectivity index (χ1v) is 11.1. The van der Waals surface area contributed by atoms with Gasteiger partial charge < -0.3 is 9.47 Å². The Morgan fingerprint density at radius 1 is 0.690 bits per heavy atom. The molecule has 0 aliphatic heterocycles. The summed E-state index contributed by atoms with van der Waals surface area (Å²) in [5.74, 6) is 2.42. The van der Waals surface area contributed by atoms with Gasteiger partial charge in [0.1, 0.15) is 17.3 Å². The molecule has 0 heterocycles. The maximum Gasteiger partial charge on any atom is 0.139 e. The van der Waals surface area contributed by atoms with Gasteiger partial charge in [-0.1, -0.05) is 63.1 Å². The molecule has 0 bridgehead atoms. The van der Waals surface area contributed by atoms with E-state index in [4.69, 9.17) is 9.47 Å². The molecule has 0 aliphatic carbocycles. The minimum atomic E-state index is 0.0929. The number of carbonyl (C=O) groups is 1. The van der Waals surface area contributed by atoms with Gasteiger partial charge in [0.25, 0.3) is 0 Å². The van der Waals surface area contributed by atoms with Gasteiger partial charge in [0.05, 0.1) is 13.2 Å². The maximum atomic E-state index is 13.2. The van der Waals surface area contributed by atoms with Crippen molar-refractivity contribution in [1.29, 1.82) is 0 Å². The van der Waals surface area contributed by atoms with Crippen LogP contribution in [0.2, 0.25) is 0 Å². The van der Waals surface area contributed by atoms with E-state index in [9.17, 15) is 4.79 Å². The molecule has 0 N–H and O–H groups in total. The van der Waals surface area contributed by atoms with Gasteiger partial charge in [0.2, 0.25) is 0 Å². The molecule has 0 aromatic heterocycles. The van der Waals surface area contributed by atoms with Crippen LogP contribution in [0, 0.1) is 11.8 Å². The van der Waals surface area contributed by atoms with E-state index < -0.39 is 0 Å². The molecule has 3 nitrogen and oxygen atoms in total. The van der Waals surface area contributed by atoms with Crippen LogP contribution in [0.3, 0.4) is 0 Å². The molecule has 0 fully saturated rings. The summed E-state index contributed by atoms with van der Waals surface area (Å²) >= 11 is 0. The Hall–Kier alpha value is -2.29. The lowest BCUT2D eigenvalue weighted by Crippen LogP contribution is -2.26. The molecule has 0 spiro atoms. The van der Waals surface area contributed by atoms with Crippen molar-refractivity contribution in [2.45, 2.75) is 58.8 Å². The van der Waals surface area contributed by atoms with Crippen LogP contribution in [0.5, 0.6) is 11.5 Å². The molecule has 2 atom stereocenters. The number of carbonyl (C=O) groups excluding carboxylic acids is 1. The predicted octanol–water partition coefficient (Wildman–Crippen LogP) is 6.72. The fourth-order valence-electron chi connectivity index (χ4n) is 3.76. The molecule has 2 rings (SSSR count). The molecule has 0 amide bonds. The predicted molar refractivity (Wildman–Crippen MR) is 120 cm³/mol. The van der Waals surface area contributed by atoms with Crippen LogP contribution < -0.4 is 9.47 Å². The van der Waals surface area contributed by atoms with Crippen molar-refractivity contribution in [3.8, 4) is 11.5 Å². The molecule has 158 valence electrons. The van der Waals surface area contributed by atoms with Crippen LogP contribution in [-0.4, -0.2) is 19.0 Å². The number of rotatable bonds is 15. The summed E-state index contributed by atoms with van der Waals surface area (Å²) in [6.07, 6.45) is 6.57. The Balaban J connectivity index is 1.81. The highest BCUT2D eigenvalue weighted by Gasteiger charge is 2.25. The van der Waals surface area contributed by atoms with Crippen LogP contribution in [0.4, 0.5) is 0 Å². The van der Waals surface area contributed by atoms with Gasteiger partial charge in [-0.25, -0.2) is 0 Å². The van der Waals surface area contributed by atoms with Crippen molar-refractivity contribution in [2.24, 2.45) is 11.8 Å². The third-order valence-corrected chi connectivity index (χ3v) is 5.27. The number of para-hydroxylation sites is 2. The van der Waals surface area contributed by atoms with E-state index in [2.05, 4.69) is 13.8 Å². The van der Waals surface area contributed by atoms with Gasteiger partial charge >= 0.3 is 0 Å². The fourth-order valence-corrected chi connectivity index (χ4v) is 3.76. The zero-order chi connectivity index (χ0) is 20.7. The second-order valence-corrected chi connectivity index (χ2v) is 7.63. The quantitative estimate of drug-likeness (QED) is 0.314. The molecular weight excluding hydrogens is 360 g/mol. The maximum absolute atomic E-state index is 13.2. The molecule has 0 saturated carbocycles. The third-order valence-electron chi connectivity index (χ3n) is 5.27. The molecule has 0 saturated heterocycles. The van der Waals surface area contributed by atoms with Gasteiger partial charge in [-0.15, -0.1) is 0 Å². The van der Waals surface area contributed by atoms with Gasteiger partial charge in [-0.05, 0) is 56.4 Å². The molecule has 2 aromatic rings. The second kappa shape index (κ2) is 13.8. The molecule has 3 heteroatoms. The van der Waals surface area contributed by atoms with E-state index in [1.165, 1.54) is 0 Å². The Kier molecular flexibility index (Phi) is 11.0. The molecule has 0 radical (unpaired) electrons. The molecular formula is C26H36O3. The van der Waals surface area contributed by atoms with Crippen LogP contribution in [0.15, 0.2) is 60.7 Å². The highest BCUT2D eigenvalue weighted by Crippen LogP contribution is 2.25. The highest BCUT2D eigenvalue weighted by atomic mass is 16.5. The summed E-state index contributed by atoms with van der Waals surface area (Å²) < 4.78 is 11.7. The van der Waals surface area contributed by atoms with Crippen LogP contribution >= 0.6 is 0 Å². The average Bonchev–Trinajstić information content (AvgIpc) is 2.76. The third kappa shape index (κ3) is 8.72. The summed E-state index contributed by atoms with van der Waals surface area (Å²) in [4.78, 5) is 13.2. The first-order valence-electron chi connectivity index (χ1n) is 11.1. The monoisotopic (exact) mass is 396 g/mol. The van der Waals surface area contributed by atoms with Crippen molar-refractivity contribution in [1.82, 2.24) is 0 Å². The Morgan fingerprint density at radius 2 is 1.17 bits per heavy atom. The Bertz CT molecular complexity index is 669. The smallest absolute Gasteiger partial charge is 0.139 e. The Labute approximate surface area is 176 Å². The number of hydrogen-bond acceptors (Lipinski definition) is 3. The first kappa shape index (κ1) is 23.0. The van der Waals surface area contributed by atoms with Crippen LogP contribution in [0.25, 0.3) is 0 Å². The topological polar surface area (TPSA) is 35.5 Å². The molecule has 2 aromatic carbocycles.